The number of hydrogen-bond donors (Lipinski definition) is 1. The SMILES string of the molecule is C=C(Br)CNC(=O)N(CC)CC. The van der Waals surface area contributed by atoms with Gasteiger partial charge < -0.3 is 10.2 Å². The first kappa shape index (κ1) is 11.5. The fourth-order valence-corrected chi connectivity index (χ4v) is 0.934. The van der Waals surface area contributed by atoms with Gasteiger partial charge in [0.1, 0.15) is 0 Å². The second-order valence-corrected chi connectivity index (χ2v) is 3.47. The van der Waals surface area contributed by atoms with E-state index in [4.69, 9.17) is 0 Å². The van der Waals surface area contributed by atoms with Crippen LogP contribution in [-0.4, -0.2) is 30.6 Å². The molecule has 12 heavy (non-hydrogen) atoms. The van der Waals surface area contributed by atoms with Gasteiger partial charge in [0.15, 0.2) is 0 Å². The normalized spacial score (nSPS) is 9.25. The average molecular weight is 235 g/mol. The molecule has 0 aliphatic carbocycles. The van der Waals surface area contributed by atoms with Crippen molar-refractivity contribution in [3.8, 4) is 0 Å². The van der Waals surface area contributed by atoms with Crippen molar-refractivity contribution in [1.29, 1.82) is 0 Å². The number of carbonyl (C=O) groups excluding carboxylic acids is 1. The Morgan fingerprint density at radius 3 is 2.33 bits per heavy atom. The Labute approximate surface area is 81.9 Å². The van der Waals surface area contributed by atoms with Gasteiger partial charge in [-0.2, -0.15) is 0 Å². The van der Waals surface area contributed by atoms with Crippen molar-refractivity contribution in [2.75, 3.05) is 19.6 Å². The van der Waals surface area contributed by atoms with Crippen LogP contribution in [0.15, 0.2) is 11.1 Å². The molecule has 0 heterocycles. The summed E-state index contributed by atoms with van der Waals surface area (Å²) in [5.74, 6) is 0. The molecule has 0 spiro atoms. The number of carbonyl (C=O) groups is 1. The quantitative estimate of drug-likeness (QED) is 0.793. The zero-order chi connectivity index (χ0) is 9.56. The van der Waals surface area contributed by atoms with Crippen LogP contribution < -0.4 is 5.32 Å². The first-order valence-electron chi connectivity index (χ1n) is 3.97. The number of nitrogens with one attached hydrogen (secondary N) is 1. The van der Waals surface area contributed by atoms with Gasteiger partial charge in [-0.05, 0) is 13.8 Å². The van der Waals surface area contributed by atoms with Crippen LogP contribution in [0, 0.1) is 0 Å². The first-order chi connectivity index (χ1) is 5.61. The fourth-order valence-electron chi connectivity index (χ4n) is 0.794. The first-order valence-corrected chi connectivity index (χ1v) is 4.77. The molecule has 0 aliphatic rings. The van der Waals surface area contributed by atoms with Crippen molar-refractivity contribution >= 4 is 22.0 Å². The molecule has 4 heteroatoms. The molecule has 0 aromatic heterocycles. The molecule has 0 aliphatic heterocycles. The molecule has 0 unspecified atom stereocenters. The molecule has 0 radical (unpaired) electrons. The number of hydrogen-bond acceptors (Lipinski definition) is 1. The highest BCUT2D eigenvalue weighted by molar-refractivity contribution is 9.11. The lowest BCUT2D eigenvalue weighted by atomic mass is 10.5. The topological polar surface area (TPSA) is 32.3 Å². The molecule has 0 saturated heterocycles. The largest absolute Gasteiger partial charge is 0.333 e. The zero-order valence-electron chi connectivity index (χ0n) is 7.56. The van der Waals surface area contributed by atoms with Gasteiger partial charge in [-0.15, -0.1) is 0 Å². The van der Waals surface area contributed by atoms with Crippen molar-refractivity contribution < 1.29 is 4.79 Å². The maximum Gasteiger partial charge on any atom is 0.317 e. The highest BCUT2D eigenvalue weighted by Gasteiger charge is 2.07. The standard InChI is InChI=1S/C8H15BrN2O/c1-4-11(5-2)8(12)10-6-7(3)9/h3-6H2,1-2H3,(H,10,12). The highest BCUT2D eigenvalue weighted by atomic mass is 79.9. The van der Waals surface area contributed by atoms with E-state index in [1.807, 2.05) is 13.8 Å². The summed E-state index contributed by atoms with van der Waals surface area (Å²) in [6.07, 6.45) is 0. The Balaban J connectivity index is 3.77. The van der Waals surface area contributed by atoms with E-state index in [2.05, 4.69) is 27.8 Å². The second kappa shape index (κ2) is 6.06. The Morgan fingerprint density at radius 2 is 2.00 bits per heavy atom. The molecule has 2 amide bonds. The van der Waals surface area contributed by atoms with E-state index in [0.717, 1.165) is 17.6 Å². The number of nitrogens with zero attached hydrogens (tertiary/aromatic N) is 1. The smallest absolute Gasteiger partial charge is 0.317 e. The average Bonchev–Trinajstić information content (AvgIpc) is 2.03. The van der Waals surface area contributed by atoms with Gasteiger partial charge in [0.25, 0.3) is 0 Å². The van der Waals surface area contributed by atoms with Crippen molar-refractivity contribution in [1.82, 2.24) is 10.2 Å². The van der Waals surface area contributed by atoms with E-state index in [0.29, 0.717) is 6.54 Å². The van der Waals surface area contributed by atoms with E-state index >= 15 is 0 Å². The van der Waals surface area contributed by atoms with Gasteiger partial charge in [0.05, 0.1) is 6.54 Å². The molecule has 0 aromatic carbocycles. The summed E-state index contributed by atoms with van der Waals surface area (Å²) < 4.78 is 0.781. The summed E-state index contributed by atoms with van der Waals surface area (Å²) in [5, 5.41) is 2.72. The van der Waals surface area contributed by atoms with Gasteiger partial charge in [0, 0.05) is 17.6 Å². The highest BCUT2D eigenvalue weighted by Crippen LogP contribution is 1.97. The van der Waals surface area contributed by atoms with Crippen molar-refractivity contribution in [2.24, 2.45) is 0 Å². The van der Waals surface area contributed by atoms with Gasteiger partial charge in [-0.25, -0.2) is 4.79 Å². The minimum Gasteiger partial charge on any atom is -0.333 e. The van der Waals surface area contributed by atoms with Gasteiger partial charge in [-0.1, -0.05) is 22.5 Å². The molecule has 0 rings (SSSR count). The Morgan fingerprint density at radius 1 is 1.50 bits per heavy atom. The molecule has 0 saturated carbocycles. The van der Waals surface area contributed by atoms with Gasteiger partial charge in [-0.3, -0.25) is 0 Å². The predicted octanol–water partition coefficient (Wildman–Crippen LogP) is 1.95. The lowest BCUT2D eigenvalue weighted by molar-refractivity contribution is 0.204. The van der Waals surface area contributed by atoms with Gasteiger partial charge >= 0.3 is 6.03 Å². The maximum atomic E-state index is 11.3. The van der Waals surface area contributed by atoms with Crippen LogP contribution in [0.2, 0.25) is 0 Å². The summed E-state index contributed by atoms with van der Waals surface area (Å²) in [6.45, 7) is 9.47. The molecule has 0 fully saturated rings. The molecule has 0 bridgehead atoms. The molecule has 3 nitrogen and oxygen atoms in total. The molecule has 70 valence electrons. The van der Waals surface area contributed by atoms with Crippen molar-refractivity contribution in [3.63, 3.8) is 0 Å². The monoisotopic (exact) mass is 234 g/mol. The fraction of sp³-hybridized carbons (Fsp3) is 0.625. The van der Waals surface area contributed by atoms with Crippen molar-refractivity contribution in [3.05, 3.63) is 11.1 Å². The molecular weight excluding hydrogens is 220 g/mol. The lowest BCUT2D eigenvalue weighted by Crippen LogP contribution is -2.40. The number of amides is 2. The maximum absolute atomic E-state index is 11.3. The molecular formula is C8H15BrN2O. The van der Waals surface area contributed by atoms with E-state index in [-0.39, 0.29) is 6.03 Å². The van der Waals surface area contributed by atoms with Gasteiger partial charge in [0.2, 0.25) is 0 Å². The Hall–Kier alpha value is -0.510. The third-order valence-electron chi connectivity index (χ3n) is 1.48. The summed E-state index contributed by atoms with van der Waals surface area (Å²) in [6, 6.07) is -0.0411. The van der Waals surface area contributed by atoms with E-state index in [1.54, 1.807) is 4.90 Å². The van der Waals surface area contributed by atoms with E-state index < -0.39 is 0 Å². The second-order valence-electron chi connectivity index (χ2n) is 2.35. The molecule has 0 aromatic rings. The predicted molar refractivity (Wildman–Crippen MR) is 54.4 cm³/mol. The van der Waals surface area contributed by atoms with Crippen LogP contribution in [0.1, 0.15) is 13.8 Å². The third kappa shape index (κ3) is 4.38. The summed E-state index contributed by atoms with van der Waals surface area (Å²) >= 11 is 3.17. The number of urea groups is 1. The Bertz CT molecular complexity index is 166. The van der Waals surface area contributed by atoms with E-state index in [9.17, 15) is 4.79 Å². The number of rotatable bonds is 4. The molecule has 1 N–H and O–H groups in total. The summed E-state index contributed by atoms with van der Waals surface area (Å²) in [7, 11) is 0. The van der Waals surface area contributed by atoms with Crippen LogP contribution >= 0.6 is 15.9 Å². The minimum absolute atomic E-state index is 0.0411. The van der Waals surface area contributed by atoms with Crippen LogP contribution in [-0.2, 0) is 0 Å². The summed E-state index contributed by atoms with van der Waals surface area (Å²) in [5.41, 5.74) is 0. The van der Waals surface area contributed by atoms with Crippen LogP contribution in [0.25, 0.3) is 0 Å². The van der Waals surface area contributed by atoms with Crippen LogP contribution in [0.4, 0.5) is 4.79 Å². The van der Waals surface area contributed by atoms with Crippen LogP contribution in [0.3, 0.4) is 0 Å². The van der Waals surface area contributed by atoms with E-state index in [1.165, 1.54) is 0 Å². The third-order valence-corrected chi connectivity index (χ3v) is 1.76. The minimum atomic E-state index is -0.0411. The zero-order valence-corrected chi connectivity index (χ0v) is 9.15. The summed E-state index contributed by atoms with van der Waals surface area (Å²) in [4.78, 5) is 13.0. The number of halogens is 1. The Kier molecular flexibility index (Phi) is 5.80. The van der Waals surface area contributed by atoms with Crippen molar-refractivity contribution in [2.45, 2.75) is 13.8 Å². The molecule has 0 atom stereocenters. The lowest BCUT2D eigenvalue weighted by Gasteiger charge is -2.18. The van der Waals surface area contributed by atoms with Crippen LogP contribution in [0.5, 0.6) is 0 Å².